The zero-order chi connectivity index (χ0) is 13.0. The van der Waals surface area contributed by atoms with Gasteiger partial charge in [0.05, 0.1) is 20.1 Å². The van der Waals surface area contributed by atoms with Crippen LogP contribution in [0.3, 0.4) is 0 Å². The van der Waals surface area contributed by atoms with E-state index in [2.05, 4.69) is 14.0 Å². The van der Waals surface area contributed by atoms with Gasteiger partial charge >= 0.3 is 5.97 Å². The smallest absolute Gasteiger partial charge is 0.306 e. The summed E-state index contributed by atoms with van der Waals surface area (Å²) in [4.78, 5) is 11.8. The van der Waals surface area contributed by atoms with Crippen LogP contribution >= 0.6 is 0 Å². The molecular weight excluding hydrogens is 226 g/mol. The number of unbranched alkanes of at least 4 members (excludes halogenated alkanes) is 1. The summed E-state index contributed by atoms with van der Waals surface area (Å²) in [6.45, 7) is 4.66. The molecule has 0 aromatic rings. The molecule has 3 unspecified atom stereocenters. The van der Waals surface area contributed by atoms with E-state index in [1.165, 1.54) is 38.8 Å². The molecule has 2 rings (SSSR count). The molecule has 104 valence electrons. The normalized spacial score (nSPS) is 35.9. The van der Waals surface area contributed by atoms with Crippen LogP contribution in [0.4, 0.5) is 0 Å². The summed E-state index contributed by atoms with van der Waals surface area (Å²) in [6, 6.07) is 0.568. The predicted octanol–water partition coefficient (Wildman–Crippen LogP) is 2.88. The van der Waals surface area contributed by atoms with E-state index < -0.39 is 0 Å². The van der Waals surface area contributed by atoms with Crippen molar-refractivity contribution >= 4 is 5.97 Å². The minimum Gasteiger partial charge on any atom is -0.456 e. The lowest BCUT2D eigenvalue weighted by molar-refractivity contribution is -0.946. The Kier molecular flexibility index (Phi) is 4.66. The molecule has 0 aromatic carbocycles. The monoisotopic (exact) mass is 254 g/mol. The molecule has 2 aliphatic rings. The number of nitrogens with zero attached hydrogens (tertiary/aromatic N) is 1. The fourth-order valence-corrected chi connectivity index (χ4v) is 3.70. The van der Waals surface area contributed by atoms with Gasteiger partial charge in [0.2, 0.25) is 0 Å². The molecule has 0 spiro atoms. The number of hydrogen-bond donors (Lipinski definition) is 0. The lowest BCUT2D eigenvalue weighted by Crippen LogP contribution is -2.63. The number of esters is 1. The third-order valence-corrected chi connectivity index (χ3v) is 4.82. The minimum atomic E-state index is 0.0286. The second-order valence-electron chi connectivity index (χ2n) is 6.26. The number of piperidine rings is 2. The van der Waals surface area contributed by atoms with Crippen LogP contribution in [-0.2, 0) is 9.53 Å². The first kappa shape index (κ1) is 13.9. The summed E-state index contributed by atoms with van der Waals surface area (Å²) in [6.07, 6.45) is 8.99. The van der Waals surface area contributed by atoms with Gasteiger partial charge in [0.1, 0.15) is 6.04 Å². The molecular formula is C15H28NO2+. The van der Waals surface area contributed by atoms with Gasteiger partial charge in [0, 0.05) is 19.3 Å². The first-order valence-electron chi connectivity index (χ1n) is 7.69. The molecule has 18 heavy (non-hydrogen) atoms. The van der Waals surface area contributed by atoms with E-state index in [0.717, 1.165) is 23.7 Å². The van der Waals surface area contributed by atoms with Crippen molar-refractivity contribution in [3.05, 3.63) is 0 Å². The maximum absolute atomic E-state index is 11.8. The highest BCUT2D eigenvalue weighted by Gasteiger charge is 2.45. The van der Waals surface area contributed by atoms with Crippen LogP contribution in [0.5, 0.6) is 0 Å². The van der Waals surface area contributed by atoms with Crippen LogP contribution in [0.15, 0.2) is 0 Å². The summed E-state index contributed by atoms with van der Waals surface area (Å²) in [5, 5.41) is 0. The molecule has 0 amide bonds. The SMILES string of the molecule is CCCCC(=O)OC1CCC[N+]2(C)CCCCC12. The van der Waals surface area contributed by atoms with Crippen molar-refractivity contribution in [1.82, 2.24) is 0 Å². The van der Waals surface area contributed by atoms with Gasteiger partial charge in [-0.3, -0.25) is 4.79 Å². The molecule has 2 heterocycles. The maximum Gasteiger partial charge on any atom is 0.306 e. The third kappa shape index (κ3) is 3.05. The highest BCUT2D eigenvalue weighted by atomic mass is 16.5. The van der Waals surface area contributed by atoms with E-state index in [1.807, 2.05) is 0 Å². The van der Waals surface area contributed by atoms with Crippen molar-refractivity contribution in [2.24, 2.45) is 0 Å². The van der Waals surface area contributed by atoms with E-state index in [1.54, 1.807) is 0 Å². The lowest BCUT2D eigenvalue weighted by atomic mass is 9.88. The van der Waals surface area contributed by atoms with Gasteiger partial charge in [0.15, 0.2) is 6.10 Å². The molecule has 2 fully saturated rings. The Hall–Kier alpha value is -0.570. The second-order valence-corrected chi connectivity index (χ2v) is 6.26. The fourth-order valence-electron chi connectivity index (χ4n) is 3.70. The van der Waals surface area contributed by atoms with Gasteiger partial charge in [0.25, 0.3) is 0 Å². The van der Waals surface area contributed by atoms with Crippen LogP contribution in [-0.4, -0.2) is 42.7 Å². The van der Waals surface area contributed by atoms with Gasteiger partial charge in [-0.2, -0.15) is 0 Å². The molecule has 0 saturated carbocycles. The number of quaternary nitrogens is 1. The van der Waals surface area contributed by atoms with Crippen molar-refractivity contribution in [2.75, 3.05) is 20.1 Å². The Morgan fingerprint density at radius 2 is 2.00 bits per heavy atom. The highest BCUT2D eigenvalue weighted by Crippen LogP contribution is 2.33. The van der Waals surface area contributed by atoms with Gasteiger partial charge < -0.3 is 9.22 Å². The molecule has 0 radical (unpaired) electrons. The summed E-state index contributed by atoms with van der Waals surface area (Å²) in [7, 11) is 2.36. The Labute approximate surface area is 111 Å². The van der Waals surface area contributed by atoms with Crippen molar-refractivity contribution < 1.29 is 14.0 Å². The first-order chi connectivity index (χ1) is 8.65. The number of fused-ring (bicyclic) bond motifs is 1. The molecule has 0 aliphatic carbocycles. The molecule has 0 bridgehead atoms. The Morgan fingerprint density at radius 1 is 1.22 bits per heavy atom. The molecule has 3 nitrogen and oxygen atoms in total. The van der Waals surface area contributed by atoms with Gasteiger partial charge in [-0.05, 0) is 25.7 Å². The predicted molar refractivity (Wildman–Crippen MR) is 72.2 cm³/mol. The summed E-state index contributed by atoms with van der Waals surface area (Å²) < 4.78 is 6.92. The second kappa shape index (κ2) is 6.05. The van der Waals surface area contributed by atoms with Crippen LogP contribution < -0.4 is 0 Å². The average molecular weight is 254 g/mol. The van der Waals surface area contributed by atoms with Crippen molar-refractivity contribution in [3.8, 4) is 0 Å². The van der Waals surface area contributed by atoms with Crippen LogP contribution in [0.1, 0.15) is 58.3 Å². The fraction of sp³-hybridized carbons (Fsp3) is 0.933. The largest absolute Gasteiger partial charge is 0.456 e. The maximum atomic E-state index is 11.8. The molecule has 0 aromatic heterocycles. The average Bonchev–Trinajstić information content (AvgIpc) is 2.36. The van der Waals surface area contributed by atoms with Crippen molar-refractivity contribution in [1.29, 1.82) is 0 Å². The summed E-state index contributed by atoms with van der Waals surface area (Å²) in [5.41, 5.74) is 0. The first-order valence-corrected chi connectivity index (χ1v) is 7.69. The summed E-state index contributed by atoms with van der Waals surface area (Å²) in [5.74, 6) is 0.0286. The lowest BCUT2D eigenvalue weighted by Gasteiger charge is -2.50. The topological polar surface area (TPSA) is 26.3 Å². The molecule has 2 saturated heterocycles. The van der Waals surface area contributed by atoms with Gasteiger partial charge in [-0.15, -0.1) is 0 Å². The number of carbonyl (C=O) groups is 1. The Morgan fingerprint density at radius 3 is 2.78 bits per heavy atom. The Balaban J connectivity index is 1.92. The zero-order valence-electron chi connectivity index (χ0n) is 12.0. The number of hydrogen-bond acceptors (Lipinski definition) is 2. The van der Waals surface area contributed by atoms with Crippen LogP contribution in [0.25, 0.3) is 0 Å². The highest BCUT2D eigenvalue weighted by molar-refractivity contribution is 5.69. The van der Waals surface area contributed by atoms with E-state index >= 15 is 0 Å². The summed E-state index contributed by atoms with van der Waals surface area (Å²) >= 11 is 0. The number of ether oxygens (including phenoxy) is 1. The number of likely N-dealkylation sites (N-methyl/N-ethyl adjacent to an activating group) is 1. The van der Waals surface area contributed by atoms with E-state index in [4.69, 9.17) is 4.74 Å². The Bertz CT molecular complexity index is 288. The van der Waals surface area contributed by atoms with E-state index in [0.29, 0.717) is 12.5 Å². The quantitative estimate of drug-likeness (QED) is 0.569. The third-order valence-electron chi connectivity index (χ3n) is 4.82. The zero-order valence-corrected chi connectivity index (χ0v) is 12.0. The van der Waals surface area contributed by atoms with Gasteiger partial charge in [-0.1, -0.05) is 13.3 Å². The number of rotatable bonds is 4. The molecule has 3 heteroatoms. The standard InChI is InChI=1S/C15H28NO2/c1-3-4-10-15(17)18-14-9-7-12-16(2)11-6-5-8-13(14)16/h13-14H,3-12H2,1-2H3/q+1. The molecule has 3 atom stereocenters. The van der Waals surface area contributed by atoms with Crippen molar-refractivity contribution in [2.45, 2.75) is 70.4 Å². The van der Waals surface area contributed by atoms with E-state index in [9.17, 15) is 4.79 Å². The minimum absolute atomic E-state index is 0.0286. The van der Waals surface area contributed by atoms with E-state index in [-0.39, 0.29) is 12.1 Å². The molecule has 2 aliphatic heterocycles. The van der Waals surface area contributed by atoms with Crippen molar-refractivity contribution in [3.63, 3.8) is 0 Å². The number of carbonyl (C=O) groups excluding carboxylic acids is 1. The van der Waals surface area contributed by atoms with Gasteiger partial charge in [-0.25, -0.2) is 0 Å². The van der Waals surface area contributed by atoms with Crippen LogP contribution in [0.2, 0.25) is 0 Å². The molecule has 0 N–H and O–H groups in total. The van der Waals surface area contributed by atoms with Crippen LogP contribution in [0, 0.1) is 0 Å².